The molecule has 0 aliphatic rings. The fourth-order valence-electron chi connectivity index (χ4n) is 1.63. The summed E-state index contributed by atoms with van der Waals surface area (Å²) in [6.07, 6.45) is 0. The smallest absolute Gasteiger partial charge is 0.0724 e. The number of benzene rings is 2. The lowest BCUT2D eigenvalue weighted by Gasteiger charge is -2.19. The van der Waals surface area contributed by atoms with Gasteiger partial charge in [0.1, 0.15) is 0 Å². The van der Waals surface area contributed by atoms with Gasteiger partial charge in [-0.05, 0) is 43.2 Å². The Bertz CT molecular complexity index is 480. The predicted octanol–water partition coefficient (Wildman–Crippen LogP) is 4.15. The Morgan fingerprint density at radius 1 is 0.938 bits per heavy atom. The number of rotatable bonds is 2. The van der Waals surface area contributed by atoms with Crippen LogP contribution in [0.2, 0.25) is 0 Å². The second-order valence-electron chi connectivity index (χ2n) is 5.08. The van der Waals surface area contributed by atoms with Gasteiger partial charge >= 0.3 is 0 Å². The van der Waals surface area contributed by atoms with E-state index < -0.39 is 0 Å². The molecule has 1 heteroatoms. The first-order valence-electron chi connectivity index (χ1n) is 5.66. The summed E-state index contributed by atoms with van der Waals surface area (Å²) in [5, 5.41) is 2.56. The zero-order valence-electron chi connectivity index (χ0n) is 10.2. The first-order valence-corrected chi connectivity index (χ1v) is 5.66. The van der Waals surface area contributed by atoms with E-state index in [0.717, 1.165) is 0 Å². The third kappa shape index (κ3) is 2.83. The maximum absolute atomic E-state index is 5.76. The minimum absolute atomic E-state index is 0.0777. The van der Waals surface area contributed by atoms with Gasteiger partial charge in [0.2, 0.25) is 0 Å². The molecule has 0 aliphatic heterocycles. The van der Waals surface area contributed by atoms with Crippen LogP contribution in [0.1, 0.15) is 26.3 Å². The molecule has 0 saturated heterocycles. The van der Waals surface area contributed by atoms with Crippen LogP contribution >= 0.6 is 0 Å². The van der Waals surface area contributed by atoms with Crippen molar-refractivity contribution in [3.05, 3.63) is 48.0 Å². The summed E-state index contributed by atoms with van der Waals surface area (Å²) < 4.78 is 5.76. The van der Waals surface area contributed by atoms with Gasteiger partial charge in [0.15, 0.2) is 0 Å². The highest BCUT2D eigenvalue weighted by atomic mass is 16.5. The van der Waals surface area contributed by atoms with Gasteiger partial charge in [0, 0.05) is 0 Å². The van der Waals surface area contributed by atoms with Crippen LogP contribution in [0.3, 0.4) is 0 Å². The summed E-state index contributed by atoms with van der Waals surface area (Å²) >= 11 is 0. The Kier molecular flexibility index (Phi) is 2.97. The minimum Gasteiger partial charge on any atom is -0.371 e. The Morgan fingerprint density at radius 3 is 2.31 bits per heavy atom. The fraction of sp³-hybridized carbons (Fsp3) is 0.333. The molecule has 0 aliphatic carbocycles. The molecule has 2 rings (SSSR count). The second-order valence-corrected chi connectivity index (χ2v) is 5.08. The first-order chi connectivity index (χ1) is 7.54. The van der Waals surface area contributed by atoms with Crippen molar-refractivity contribution in [2.45, 2.75) is 33.0 Å². The molecule has 0 saturated carbocycles. The lowest BCUT2D eigenvalue weighted by molar-refractivity contribution is -0.0149. The highest BCUT2D eigenvalue weighted by Crippen LogP contribution is 2.18. The molecule has 0 amide bonds. The highest BCUT2D eigenvalue weighted by molar-refractivity contribution is 5.82. The lowest BCUT2D eigenvalue weighted by atomic mass is 10.1. The van der Waals surface area contributed by atoms with Gasteiger partial charge in [-0.2, -0.15) is 0 Å². The van der Waals surface area contributed by atoms with E-state index in [9.17, 15) is 0 Å². The van der Waals surface area contributed by atoms with Crippen molar-refractivity contribution >= 4 is 10.8 Å². The van der Waals surface area contributed by atoms with Crippen LogP contribution in [-0.4, -0.2) is 5.60 Å². The lowest BCUT2D eigenvalue weighted by Crippen LogP contribution is -2.18. The van der Waals surface area contributed by atoms with E-state index in [0.29, 0.717) is 6.61 Å². The molecule has 0 bridgehead atoms. The molecule has 2 aromatic carbocycles. The fourth-order valence-corrected chi connectivity index (χ4v) is 1.63. The van der Waals surface area contributed by atoms with E-state index >= 15 is 0 Å². The summed E-state index contributed by atoms with van der Waals surface area (Å²) in [5.41, 5.74) is 1.15. The molecule has 1 nitrogen and oxygen atoms in total. The predicted molar refractivity (Wildman–Crippen MR) is 68.5 cm³/mol. The number of ether oxygens (including phenoxy) is 1. The van der Waals surface area contributed by atoms with E-state index in [4.69, 9.17) is 4.74 Å². The number of hydrogen-bond donors (Lipinski definition) is 0. The quantitative estimate of drug-likeness (QED) is 0.729. The zero-order chi connectivity index (χ0) is 11.6. The Labute approximate surface area is 97.1 Å². The minimum atomic E-state index is -0.0777. The molecule has 0 atom stereocenters. The molecule has 0 N–H and O–H groups in total. The van der Waals surface area contributed by atoms with Crippen molar-refractivity contribution in [3.63, 3.8) is 0 Å². The molecule has 84 valence electrons. The van der Waals surface area contributed by atoms with Gasteiger partial charge in [0.05, 0.1) is 12.2 Å². The van der Waals surface area contributed by atoms with Crippen LogP contribution in [0.4, 0.5) is 0 Å². The summed E-state index contributed by atoms with van der Waals surface area (Å²) in [6.45, 7) is 6.91. The van der Waals surface area contributed by atoms with Crippen LogP contribution in [0.25, 0.3) is 10.8 Å². The molecule has 0 unspecified atom stereocenters. The Balaban J connectivity index is 2.20. The molecule has 2 aromatic rings. The average Bonchev–Trinajstić information content (AvgIpc) is 2.25. The van der Waals surface area contributed by atoms with Gasteiger partial charge in [0.25, 0.3) is 0 Å². The van der Waals surface area contributed by atoms with Crippen molar-refractivity contribution in [1.82, 2.24) is 0 Å². The largest absolute Gasteiger partial charge is 0.371 e. The van der Waals surface area contributed by atoms with Crippen LogP contribution in [0.15, 0.2) is 42.5 Å². The topological polar surface area (TPSA) is 9.23 Å². The number of hydrogen-bond acceptors (Lipinski definition) is 1. The van der Waals surface area contributed by atoms with Gasteiger partial charge in [-0.1, -0.05) is 36.4 Å². The summed E-state index contributed by atoms with van der Waals surface area (Å²) in [4.78, 5) is 0. The van der Waals surface area contributed by atoms with Gasteiger partial charge in [-0.15, -0.1) is 0 Å². The molecule has 0 aromatic heterocycles. The molecule has 0 spiro atoms. The summed E-state index contributed by atoms with van der Waals surface area (Å²) in [7, 11) is 0. The van der Waals surface area contributed by atoms with Crippen LogP contribution in [0.5, 0.6) is 0 Å². The van der Waals surface area contributed by atoms with Crippen LogP contribution in [-0.2, 0) is 11.3 Å². The molecule has 16 heavy (non-hydrogen) atoms. The monoisotopic (exact) mass is 214 g/mol. The van der Waals surface area contributed by atoms with Crippen molar-refractivity contribution in [2.75, 3.05) is 0 Å². The van der Waals surface area contributed by atoms with Gasteiger partial charge < -0.3 is 4.74 Å². The molecule has 0 fully saturated rings. The van der Waals surface area contributed by atoms with E-state index in [2.05, 4.69) is 63.2 Å². The highest BCUT2D eigenvalue weighted by Gasteiger charge is 2.09. The summed E-state index contributed by atoms with van der Waals surface area (Å²) in [5.74, 6) is 0. The van der Waals surface area contributed by atoms with Crippen molar-refractivity contribution < 1.29 is 4.74 Å². The normalized spacial score (nSPS) is 11.9. The second kappa shape index (κ2) is 4.26. The first kappa shape index (κ1) is 11.2. The summed E-state index contributed by atoms with van der Waals surface area (Å²) in [6, 6.07) is 14.9. The van der Waals surface area contributed by atoms with Gasteiger partial charge in [-0.3, -0.25) is 0 Å². The van der Waals surface area contributed by atoms with Crippen LogP contribution in [0, 0.1) is 0 Å². The Hall–Kier alpha value is -1.34. The Morgan fingerprint density at radius 2 is 1.62 bits per heavy atom. The molecule has 0 radical (unpaired) electrons. The maximum atomic E-state index is 5.76. The van der Waals surface area contributed by atoms with E-state index in [1.165, 1.54) is 16.3 Å². The maximum Gasteiger partial charge on any atom is 0.0724 e. The third-order valence-corrected chi connectivity index (χ3v) is 2.49. The molecular formula is C15H18O. The third-order valence-electron chi connectivity index (χ3n) is 2.49. The standard InChI is InChI=1S/C15H18O/c1-15(2,3)16-11-12-8-9-13-6-4-5-7-14(13)10-12/h4-10H,11H2,1-3H3. The SMILES string of the molecule is CC(C)(C)OCc1ccc2ccccc2c1. The van der Waals surface area contributed by atoms with Crippen molar-refractivity contribution in [2.24, 2.45) is 0 Å². The van der Waals surface area contributed by atoms with Crippen molar-refractivity contribution in [1.29, 1.82) is 0 Å². The van der Waals surface area contributed by atoms with Crippen LogP contribution < -0.4 is 0 Å². The van der Waals surface area contributed by atoms with E-state index in [1.807, 2.05) is 0 Å². The molecular weight excluding hydrogens is 196 g/mol. The zero-order valence-corrected chi connectivity index (χ0v) is 10.2. The van der Waals surface area contributed by atoms with Gasteiger partial charge in [-0.25, -0.2) is 0 Å². The van der Waals surface area contributed by atoms with E-state index in [-0.39, 0.29) is 5.60 Å². The number of fused-ring (bicyclic) bond motifs is 1. The van der Waals surface area contributed by atoms with E-state index in [1.54, 1.807) is 0 Å². The van der Waals surface area contributed by atoms with Crippen molar-refractivity contribution in [3.8, 4) is 0 Å². The molecule has 0 heterocycles. The average molecular weight is 214 g/mol.